The first kappa shape index (κ1) is 16.5. The van der Waals surface area contributed by atoms with Crippen molar-refractivity contribution in [2.75, 3.05) is 18.0 Å². The van der Waals surface area contributed by atoms with E-state index in [0.717, 1.165) is 30.5 Å². The van der Waals surface area contributed by atoms with Crippen molar-refractivity contribution >= 4 is 21.6 Å². The Hall–Kier alpha value is -1.40. The molecular weight excluding hydrogens is 312 g/mol. The molecule has 1 heterocycles. The van der Waals surface area contributed by atoms with Gasteiger partial charge in [0.2, 0.25) is 15.9 Å². The highest BCUT2D eigenvalue weighted by molar-refractivity contribution is 7.89. The molecule has 0 unspecified atom stereocenters. The summed E-state index contributed by atoms with van der Waals surface area (Å²) in [6.07, 6.45) is 2.67. The number of anilines is 1. The third-order valence-corrected chi connectivity index (χ3v) is 6.82. The molecule has 0 spiro atoms. The van der Waals surface area contributed by atoms with E-state index in [1.807, 2.05) is 25.7 Å². The maximum absolute atomic E-state index is 12.7. The number of carbonyl (C=O) groups excluding carboxylic acids is 1. The number of rotatable bonds is 5. The Balaban J connectivity index is 1.95. The fourth-order valence-corrected chi connectivity index (χ4v) is 4.85. The number of hydrogen-bond acceptors (Lipinski definition) is 3. The zero-order valence-electron chi connectivity index (χ0n) is 13.9. The summed E-state index contributed by atoms with van der Waals surface area (Å²) >= 11 is 0. The summed E-state index contributed by atoms with van der Waals surface area (Å²) in [5.74, 6) is 0.359. The summed E-state index contributed by atoms with van der Waals surface area (Å²) in [6, 6.07) is 5.29. The van der Waals surface area contributed by atoms with Gasteiger partial charge in [-0.25, -0.2) is 8.42 Å². The molecule has 0 N–H and O–H groups in total. The van der Waals surface area contributed by atoms with Gasteiger partial charge in [-0.2, -0.15) is 4.31 Å². The van der Waals surface area contributed by atoms with Gasteiger partial charge < -0.3 is 4.90 Å². The zero-order chi connectivity index (χ0) is 16.8. The van der Waals surface area contributed by atoms with Crippen LogP contribution in [0.25, 0.3) is 0 Å². The highest BCUT2D eigenvalue weighted by Gasteiger charge is 2.39. The maximum atomic E-state index is 12.7. The van der Waals surface area contributed by atoms with Crippen molar-refractivity contribution in [1.29, 1.82) is 0 Å². The zero-order valence-corrected chi connectivity index (χ0v) is 14.8. The maximum Gasteiger partial charge on any atom is 0.243 e. The van der Waals surface area contributed by atoms with Crippen molar-refractivity contribution < 1.29 is 13.2 Å². The van der Waals surface area contributed by atoms with E-state index in [-0.39, 0.29) is 17.9 Å². The molecule has 0 radical (unpaired) electrons. The topological polar surface area (TPSA) is 57.7 Å². The fourth-order valence-electron chi connectivity index (χ4n) is 3.34. The first-order valence-corrected chi connectivity index (χ1v) is 9.80. The molecule has 3 rings (SSSR count). The lowest BCUT2D eigenvalue weighted by Gasteiger charge is -2.23. The number of amides is 1. The van der Waals surface area contributed by atoms with E-state index in [2.05, 4.69) is 0 Å². The number of carbonyl (C=O) groups is 1. The lowest BCUT2D eigenvalue weighted by atomic mass is 10.1. The summed E-state index contributed by atoms with van der Waals surface area (Å²) in [4.78, 5) is 14.7. The molecule has 1 aromatic rings. The van der Waals surface area contributed by atoms with Crippen molar-refractivity contribution in [2.24, 2.45) is 5.92 Å². The van der Waals surface area contributed by atoms with Crippen LogP contribution in [0.5, 0.6) is 0 Å². The van der Waals surface area contributed by atoms with Crippen molar-refractivity contribution in [1.82, 2.24) is 4.31 Å². The van der Waals surface area contributed by atoms with Crippen molar-refractivity contribution in [3.05, 3.63) is 23.8 Å². The first-order valence-electron chi connectivity index (χ1n) is 8.36. The van der Waals surface area contributed by atoms with E-state index >= 15 is 0 Å². The summed E-state index contributed by atoms with van der Waals surface area (Å²) in [7, 11) is -3.45. The number of sulfonamides is 1. The Morgan fingerprint density at radius 3 is 2.48 bits per heavy atom. The number of benzene rings is 1. The Kier molecular flexibility index (Phi) is 4.23. The third kappa shape index (κ3) is 2.78. The molecule has 2 aliphatic rings. The van der Waals surface area contributed by atoms with Gasteiger partial charge in [0.25, 0.3) is 0 Å². The van der Waals surface area contributed by atoms with Gasteiger partial charge in [-0.15, -0.1) is 0 Å². The van der Waals surface area contributed by atoms with Crippen LogP contribution in [-0.2, 0) is 21.2 Å². The van der Waals surface area contributed by atoms with Crippen LogP contribution in [0.4, 0.5) is 5.69 Å². The van der Waals surface area contributed by atoms with Gasteiger partial charge in [0, 0.05) is 30.7 Å². The average molecular weight is 336 g/mol. The Bertz CT molecular complexity index is 721. The van der Waals surface area contributed by atoms with Crippen LogP contribution in [-0.4, -0.2) is 37.8 Å². The lowest BCUT2D eigenvalue weighted by Crippen LogP contribution is -2.36. The van der Waals surface area contributed by atoms with Gasteiger partial charge in [0.05, 0.1) is 4.90 Å². The summed E-state index contributed by atoms with van der Waals surface area (Å²) in [6.45, 7) is 6.62. The van der Waals surface area contributed by atoms with E-state index in [9.17, 15) is 13.2 Å². The quantitative estimate of drug-likeness (QED) is 0.830. The van der Waals surface area contributed by atoms with Crippen molar-refractivity contribution in [2.45, 2.75) is 51.0 Å². The molecule has 1 atom stereocenters. The van der Waals surface area contributed by atoms with Crippen LogP contribution >= 0.6 is 0 Å². The second-order valence-corrected chi connectivity index (χ2v) is 8.35. The second-order valence-electron chi connectivity index (χ2n) is 6.42. The molecule has 5 nitrogen and oxygen atoms in total. The molecule has 1 aromatic carbocycles. The largest absolute Gasteiger partial charge is 0.309 e. The highest BCUT2D eigenvalue weighted by Crippen LogP contribution is 2.39. The fraction of sp³-hybridized carbons (Fsp3) is 0.588. The lowest BCUT2D eigenvalue weighted by molar-refractivity contribution is -0.120. The monoisotopic (exact) mass is 336 g/mol. The Morgan fingerprint density at radius 1 is 1.26 bits per heavy atom. The number of nitrogens with zero attached hydrogens (tertiary/aromatic N) is 2. The van der Waals surface area contributed by atoms with Crippen LogP contribution in [0.3, 0.4) is 0 Å². The SMILES string of the molecule is CCN(CC)S(=O)(=O)c1ccc2c(c1)C[C@@H](C)N2C(=O)C1CC1. The molecular formula is C17H24N2O3S. The van der Waals surface area contributed by atoms with E-state index in [1.54, 1.807) is 18.2 Å². The van der Waals surface area contributed by atoms with Gasteiger partial charge in [0.1, 0.15) is 0 Å². The molecule has 1 aliphatic carbocycles. The average Bonchev–Trinajstić information content (AvgIpc) is 3.29. The molecule has 6 heteroatoms. The minimum Gasteiger partial charge on any atom is -0.309 e. The Morgan fingerprint density at radius 2 is 1.91 bits per heavy atom. The highest BCUT2D eigenvalue weighted by atomic mass is 32.2. The normalized spacial score (nSPS) is 20.9. The number of hydrogen-bond donors (Lipinski definition) is 0. The van der Waals surface area contributed by atoms with Crippen molar-refractivity contribution in [3.63, 3.8) is 0 Å². The summed E-state index contributed by atoms with van der Waals surface area (Å²) < 4.78 is 26.8. The Labute approximate surface area is 138 Å². The molecule has 1 fully saturated rings. The predicted molar refractivity (Wildman–Crippen MR) is 89.9 cm³/mol. The van der Waals surface area contributed by atoms with Gasteiger partial charge in [-0.05, 0) is 49.9 Å². The molecule has 0 aromatic heterocycles. The van der Waals surface area contributed by atoms with Gasteiger partial charge in [0.15, 0.2) is 0 Å². The van der Waals surface area contributed by atoms with E-state index in [1.165, 1.54) is 4.31 Å². The van der Waals surface area contributed by atoms with Crippen LogP contribution in [0.1, 0.15) is 39.2 Å². The second kappa shape index (κ2) is 5.91. The van der Waals surface area contributed by atoms with Crippen LogP contribution in [0.15, 0.2) is 23.1 Å². The number of fused-ring (bicyclic) bond motifs is 1. The minimum absolute atomic E-state index is 0.101. The molecule has 1 amide bonds. The molecule has 126 valence electrons. The molecule has 0 bridgehead atoms. The standard InChI is InChI=1S/C17H24N2O3S/c1-4-18(5-2)23(21,22)15-8-9-16-14(11-15)10-12(3)19(16)17(20)13-6-7-13/h8-9,11-13H,4-7,10H2,1-3H3/t12-/m1/s1. The summed E-state index contributed by atoms with van der Waals surface area (Å²) in [5.41, 5.74) is 1.84. The first-order chi connectivity index (χ1) is 10.9. The van der Waals surface area contributed by atoms with Crippen molar-refractivity contribution in [3.8, 4) is 0 Å². The minimum atomic E-state index is -3.45. The van der Waals surface area contributed by atoms with Gasteiger partial charge in [-0.1, -0.05) is 13.8 Å². The summed E-state index contributed by atoms with van der Waals surface area (Å²) in [5, 5.41) is 0. The van der Waals surface area contributed by atoms with Gasteiger partial charge >= 0.3 is 0 Å². The van der Waals surface area contributed by atoms with Crippen LogP contribution in [0, 0.1) is 5.92 Å². The van der Waals surface area contributed by atoms with Gasteiger partial charge in [-0.3, -0.25) is 4.79 Å². The predicted octanol–water partition coefficient (Wildman–Crippen LogP) is 2.40. The van der Waals surface area contributed by atoms with E-state index < -0.39 is 10.0 Å². The van der Waals surface area contributed by atoms with E-state index in [0.29, 0.717) is 18.0 Å². The molecule has 23 heavy (non-hydrogen) atoms. The molecule has 1 aliphatic heterocycles. The molecule has 1 saturated carbocycles. The smallest absolute Gasteiger partial charge is 0.243 e. The van der Waals surface area contributed by atoms with E-state index in [4.69, 9.17) is 0 Å². The van der Waals surface area contributed by atoms with Crippen LogP contribution < -0.4 is 4.90 Å². The van der Waals surface area contributed by atoms with Crippen LogP contribution in [0.2, 0.25) is 0 Å². The molecule has 0 saturated heterocycles. The third-order valence-electron chi connectivity index (χ3n) is 4.77.